The van der Waals surface area contributed by atoms with Crippen molar-refractivity contribution in [3.05, 3.63) is 0 Å². The van der Waals surface area contributed by atoms with E-state index in [0.29, 0.717) is 5.54 Å². The number of rotatable bonds is 4. The summed E-state index contributed by atoms with van der Waals surface area (Å²) < 4.78 is 0. The molecule has 0 aromatic heterocycles. The summed E-state index contributed by atoms with van der Waals surface area (Å²) in [5.41, 5.74) is 6.60. The molecular weight excluding hydrogens is 258 g/mol. The summed E-state index contributed by atoms with van der Waals surface area (Å²) in [5.74, 6) is 0.962. The van der Waals surface area contributed by atoms with E-state index < -0.39 is 0 Å². The highest BCUT2D eigenvalue weighted by molar-refractivity contribution is 4.98. The van der Waals surface area contributed by atoms with E-state index in [-0.39, 0.29) is 0 Å². The molecule has 1 heterocycles. The van der Waals surface area contributed by atoms with E-state index >= 15 is 0 Å². The van der Waals surface area contributed by atoms with E-state index in [2.05, 4.69) is 16.7 Å². The molecule has 3 rings (SSSR count). The quantitative estimate of drug-likeness (QED) is 0.865. The predicted octanol–water partition coefficient (Wildman–Crippen LogP) is 2.84. The molecule has 2 N–H and O–H groups in total. The standard InChI is InChI=1S/C18H35N3/c1-2-16-7-9-18(15-19,10-8-16)21-13-11-20(12-14-21)17-5-3-4-6-17/h16-17H,2-15,19H2,1H3. The molecule has 0 aromatic rings. The Labute approximate surface area is 131 Å². The van der Waals surface area contributed by atoms with Crippen LogP contribution in [0.15, 0.2) is 0 Å². The van der Waals surface area contributed by atoms with Gasteiger partial charge in [0.15, 0.2) is 0 Å². The Morgan fingerprint density at radius 2 is 1.57 bits per heavy atom. The molecule has 1 saturated heterocycles. The summed E-state index contributed by atoms with van der Waals surface area (Å²) in [5, 5.41) is 0. The zero-order chi connectivity index (χ0) is 14.7. The lowest BCUT2D eigenvalue weighted by atomic mass is 9.74. The molecule has 3 fully saturated rings. The third-order valence-corrected chi connectivity index (χ3v) is 6.82. The molecule has 0 spiro atoms. The molecule has 0 bridgehead atoms. The Kier molecular flexibility index (Phi) is 5.23. The summed E-state index contributed by atoms with van der Waals surface area (Å²) in [6.07, 6.45) is 12.6. The van der Waals surface area contributed by atoms with Crippen LogP contribution in [0.2, 0.25) is 0 Å². The predicted molar refractivity (Wildman–Crippen MR) is 89.4 cm³/mol. The van der Waals surface area contributed by atoms with Crippen molar-refractivity contribution in [2.24, 2.45) is 11.7 Å². The molecule has 0 atom stereocenters. The van der Waals surface area contributed by atoms with Crippen LogP contribution >= 0.6 is 0 Å². The van der Waals surface area contributed by atoms with Gasteiger partial charge in [0.25, 0.3) is 0 Å². The maximum Gasteiger partial charge on any atom is 0.0333 e. The topological polar surface area (TPSA) is 32.5 Å². The third kappa shape index (κ3) is 3.30. The molecule has 0 amide bonds. The van der Waals surface area contributed by atoms with Crippen molar-refractivity contribution in [1.82, 2.24) is 9.80 Å². The molecule has 122 valence electrons. The van der Waals surface area contributed by atoms with Gasteiger partial charge in [0, 0.05) is 44.3 Å². The van der Waals surface area contributed by atoms with Crippen molar-refractivity contribution >= 4 is 0 Å². The fourth-order valence-corrected chi connectivity index (χ4v) is 5.10. The summed E-state index contributed by atoms with van der Waals surface area (Å²) in [6, 6.07) is 0.900. The highest BCUT2D eigenvalue weighted by Gasteiger charge is 2.40. The minimum absolute atomic E-state index is 0.341. The maximum atomic E-state index is 6.26. The minimum atomic E-state index is 0.341. The largest absolute Gasteiger partial charge is 0.329 e. The molecule has 0 aromatic carbocycles. The summed E-state index contributed by atoms with van der Waals surface area (Å²) in [4.78, 5) is 5.54. The van der Waals surface area contributed by atoms with Gasteiger partial charge in [-0.3, -0.25) is 9.80 Å². The van der Waals surface area contributed by atoms with Crippen LogP contribution in [0.25, 0.3) is 0 Å². The lowest BCUT2D eigenvalue weighted by molar-refractivity contribution is -0.00635. The van der Waals surface area contributed by atoms with Crippen LogP contribution in [-0.2, 0) is 0 Å². The van der Waals surface area contributed by atoms with Gasteiger partial charge in [-0.25, -0.2) is 0 Å². The van der Waals surface area contributed by atoms with Crippen LogP contribution < -0.4 is 5.73 Å². The Bertz CT molecular complexity index is 308. The van der Waals surface area contributed by atoms with Crippen molar-refractivity contribution in [3.8, 4) is 0 Å². The van der Waals surface area contributed by atoms with E-state index in [1.165, 1.54) is 84.0 Å². The first kappa shape index (κ1) is 15.8. The molecule has 2 saturated carbocycles. The molecule has 3 aliphatic rings. The first-order valence-corrected chi connectivity index (χ1v) is 9.46. The van der Waals surface area contributed by atoms with Gasteiger partial charge in [0.1, 0.15) is 0 Å². The van der Waals surface area contributed by atoms with Gasteiger partial charge >= 0.3 is 0 Å². The van der Waals surface area contributed by atoms with Crippen molar-refractivity contribution in [2.75, 3.05) is 32.7 Å². The number of nitrogens with two attached hydrogens (primary N) is 1. The summed E-state index contributed by atoms with van der Waals surface area (Å²) in [6.45, 7) is 8.29. The molecule has 0 radical (unpaired) electrons. The minimum Gasteiger partial charge on any atom is -0.329 e. The van der Waals surface area contributed by atoms with E-state index in [1.54, 1.807) is 0 Å². The number of hydrogen-bond donors (Lipinski definition) is 1. The van der Waals surface area contributed by atoms with Crippen LogP contribution in [0.4, 0.5) is 0 Å². The molecule has 1 aliphatic heterocycles. The van der Waals surface area contributed by atoms with Crippen LogP contribution in [0.1, 0.15) is 64.7 Å². The van der Waals surface area contributed by atoms with Gasteiger partial charge in [0.2, 0.25) is 0 Å². The van der Waals surface area contributed by atoms with Crippen molar-refractivity contribution < 1.29 is 0 Å². The molecule has 0 unspecified atom stereocenters. The first-order chi connectivity index (χ1) is 10.3. The zero-order valence-corrected chi connectivity index (χ0v) is 14.0. The second-order valence-corrected chi connectivity index (χ2v) is 7.74. The van der Waals surface area contributed by atoms with E-state index in [9.17, 15) is 0 Å². The summed E-state index contributed by atoms with van der Waals surface area (Å²) >= 11 is 0. The smallest absolute Gasteiger partial charge is 0.0333 e. The van der Waals surface area contributed by atoms with Gasteiger partial charge < -0.3 is 5.73 Å². The molecule has 3 heteroatoms. The maximum absolute atomic E-state index is 6.26. The zero-order valence-electron chi connectivity index (χ0n) is 14.0. The van der Waals surface area contributed by atoms with Gasteiger partial charge in [0.05, 0.1) is 0 Å². The summed E-state index contributed by atoms with van der Waals surface area (Å²) in [7, 11) is 0. The molecular formula is C18H35N3. The Balaban J connectivity index is 1.54. The first-order valence-electron chi connectivity index (χ1n) is 9.46. The third-order valence-electron chi connectivity index (χ3n) is 6.82. The Hall–Kier alpha value is -0.120. The van der Waals surface area contributed by atoms with Gasteiger partial charge in [-0.1, -0.05) is 26.2 Å². The van der Waals surface area contributed by atoms with Crippen molar-refractivity contribution in [2.45, 2.75) is 76.3 Å². The lowest BCUT2D eigenvalue weighted by Gasteiger charge is -2.51. The Morgan fingerprint density at radius 3 is 2.10 bits per heavy atom. The van der Waals surface area contributed by atoms with Crippen molar-refractivity contribution in [3.63, 3.8) is 0 Å². The average Bonchev–Trinajstić information content (AvgIpc) is 3.09. The van der Waals surface area contributed by atoms with Gasteiger partial charge in [-0.15, -0.1) is 0 Å². The molecule has 2 aliphatic carbocycles. The molecule has 3 nitrogen and oxygen atoms in total. The van der Waals surface area contributed by atoms with Gasteiger partial charge in [-0.2, -0.15) is 0 Å². The van der Waals surface area contributed by atoms with Crippen LogP contribution in [0.3, 0.4) is 0 Å². The number of hydrogen-bond acceptors (Lipinski definition) is 3. The van der Waals surface area contributed by atoms with E-state index in [0.717, 1.165) is 18.5 Å². The fraction of sp³-hybridized carbons (Fsp3) is 1.00. The highest BCUT2D eigenvalue weighted by Crippen LogP contribution is 2.38. The average molecular weight is 293 g/mol. The second kappa shape index (κ2) is 6.97. The monoisotopic (exact) mass is 293 g/mol. The van der Waals surface area contributed by atoms with Crippen molar-refractivity contribution in [1.29, 1.82) is 0 Å². The molecule has 21 heavy (non-hydrogen) atoms. The SMILES string of the molecule is CCC1CCC(CN)(N2CCN(C3CCCC3)CC2)CC1. The van der Waals surface area contributed by atoms with Crippen LogP contribution in [-0.4, -0.2) is 54.1 Å². The van der Waals surface area contributed by atoms with Crippen LogP contribution in [0.5, 0.6) is 0 Å². The van der Waals surface area contributed by atoms with Crippen LogP contribution in [0, 0.1) is 5.92 Å². The lowest BCUT2D eigenvalue weighted by Crippen LogP contribution is -2.62. The second-order valence-electron chi connectivity index (χ2n) is 7.74. The highest BCUT2D eigenvalue weighted by atomic mass is 15.3. The number of nitrogens with zero attached hydrogens (tertiary/aromatic N) is 2. The fourth-order valence-electron chi connectivity index (χ4n) is 5.10. The number of piperazine rings is 1. The van der Waals surface area contributed by atoms with E-state index in [1.807, 2.05) is 0 Å². The Morgan fingerprint density at radius 1 is 0.952 bits per heavy atom. The van der Waals surface area contributed by atoms with Gasteiger partial charge in [-0.05, 0) is 44.4 Å². The van der Waals surface area contributed by atoms with E-state index in [4.69, 9.17) is 5.73 Å². The normalized spacial score (nSPS) is 37.1.